The monoisotopic (exact) mass is 454 g/mol. The number of nitrogens with one attached hydrogen (secondary N) is 1. The van der Waals surface area contributed by atoms with Crippen LogP contribution in [0.15, 0.2) is 41.6 Å². The number of alkyl halides is 3. The van der Waals surface area contributed by atoms with Gasteiger partial charge in [-0.3, -0.25) is 4.79 Å². The van der Waals surface area contributed by atoms with E-state index in [2.05, 4.69) is 15.3 Å². The van der Waals surface area contributed by atoms with E-state index < -0.39 is 44.2 Å². The quantitative estimate of drug-likeness (QED) is 0.615. The average molecular weight is 454 g/mol. The van der Waals surface area contributed by atoms with Gasteiger partial charge in [0.2, 0.25) is 0 Å². The molecule has 1 aliphatic rings. The zero-order chi connectivity index (χ0) is 22.6. The van der Waals surface area contributed by atoms with Crippen LogP contribution in [-0.4, -0.2) is 51.7 Å². The maximum Gasteiger partial charge on any atom is 0.416 e. The van der Waals surface area contributed by atoms with Gasteiger partial charge < -0.3 is 15.0 Å². The summed E-state index contributed by atoms with van der Waals surface area (Å²) >= 11 is 0. The second kappa shape index (κ2) is 7.02. The summed E-state index contributed by atoms with van der Waals surface area (Å²) in [5, 5.41) is 13.2. The number of rotatable bonds is 4. The van der Waals surface area contributed by atoms with Gasteiger partial charge >= 0.3 is 6.18 Å². The number of halogens is 3. The van der Waals surface area contributed by atoms with Crippen LogP contribution in [0.1, 0.15) is 5.56 Å². The van der Waals surface area contributed by atoms with Crippen LogP contribution in [0, 0.1) is 0 Å². The van der Waals surface area contributed by atoms with Crippen LogP contribution < -0.4 is 10.9 Å². The number of pyridine rings is 1. The third-order valence-corrected chi connectivity index (χ3v) is 6.99. The molecule has 2 aromatic heterocycles. The summed E-state index contributed by atoms with van der Waals surface area (Å²) < 4.78 is 62.5. The van der Waals surface area contributed by atoms with Gasteiger partial charge in [0.05, 0.1) is 28.9 Å². The fourth-order valence-electron chi connectivity index (χ4n) is 3.52. The molecule has 1 aliphatic heterocycles. The first kappa shape index (κ1) is 21.2. The van der Waals surface area contributed by atoms with E-state index in [0.29, 0.717) is 11.1 Å². The molecule has 2 N–H and O–H groups in total. The number of aryl methyl sites for hydroxylation is 1. The van der Waals surface area contributed by atoms with Crippen LogP contribution in [-0.2, 0) is 23.1 Å². The molecule has 3 heterocycles. The molecule has 1 saturated heterocycles. The molecule has 8 nitrogen and oxygen atoms in total. The number of sulfone groups is 1. The predicted molar refractivity (Wildman–Crippen MR) is 107 cm³/mol. The van der Waals surface area contributed by atoms with Crippen molar-refractivity contribution in [3.63, 3.8) is 0 Å². The number of hydrogen-bond acceptors (Lipinski definition) is 7. The van der Waals surface area contributed by atoms with Crippen molar-refractivity contribution in [2.75, 3.05) is 23.4 Å². The van der Waals surface area contributed by atoms with Crippen molar-refractivity contribution in [3.8, 4) is 11.1 Å². The number of benzene rings is 1. The van der Waals surface area contributed by atoms with E-state index in [0.717, 1.165) is 12.1 Å². The summed E-state index contributed by atoms with van der Waals surface area (Å²) in [6.07, 6.45) is -1.83. The lowest BCUT2D eigenvalue weighted by Gasteiger charge is -2.36. The molecule has 0 saturated carbocycles. The second-order valence-corrected chi connectivity index (χ2v) is 9.65. The topological polar surface area (TPSA) is 114 Å². The molecule has 0 amide bonds. The summed E-state index contributed by atoms with van der Waals surface area (Å²) in [7, 11) is -1.79. The third kappa shape index (κ3) is 4.00. The molecule has 0 radical (unpaired) electrons. The van der Waals surface area contributed by atoms with E-state index in [1.54, 1.807) is 0 Å². The minimum absolute atomic E-state index is 0.0770. The normalized spacial score (nSPS) is 17.3. The molecule has 0 spiro atoms. The SMILES string of the molecule is Cn1cnc2c(-c3ccc(C(F)(F)F)cc3)cnc(NCC3(O)CS(=O)(=O)C3)c2c1=O. The van der Waals surface area contributed by atoms with Gasteiger partial charge in [-0.1, -0.05) is 12.1 Å². The maximum atomic E-state index is 12.9. The number of aromatic nitrogens is 3. The van der Waals surface area contributed by atoms with Crippen molar-refractivity contribution in [1.29, 1.82) is 0 Å². The molecule has 164 valence electrons. The Balaban J connectivity index is 1.75. The van der Waals surface area contributed by atoms with Crippen molar-refractivity contribution >= 4 is 26.6 Å². The first-order valence-corrected chi connectivity index (χ1v) is 10.9. The van der Waals surface area contributed by atoms with E-state index in [-0.39, 0.29) is 23.3 Å². The Morgan fingerprint density at radius 2 is 1.84 bits per heavy atom. The van der Waals surface area contributed by atoms with Gasteiger partial charge in [0.15, 0.2) is 9.84 Å². The summed E-state index contributed by atoms with van der Waals surface area (Å²) in [4.78, 5) is 21.2. The van der Waals surface area contributed by atoms with Gasteiger partial charge in [-0.25, -0.2) is 18.4 Å². The Labute approximate surface area is 174 Å². The lowest BCUT2D eigenvalue weighted by Crippen LogP contribution is -2.58. The van der Waals surface area contributed by atoms with Crippen LogP contribution in [0.25, 0.3) is 22.0 Å². The molecule has 0 aliphatic carbocycles. The molecule has 1 fully saturated rings. The number of aliphatic hydroxyl groups is 1. The van der Waals surface area contributed by atoms with Gasteiger partial charge in [0, 0.05) is 25.4 Å². The number of anilines is 1. The summed E-state index contributed by atoms with van der Waals surface area (Å²) in [5.41, 5.74) is -1.76. The fraction of sp³-hybridized carbons (Fsp3) is 0.316. The molecule has 0 bridgehead atoms. The first-order valence-electron chi connectivity index (χ1n) is 9.07. The summed E-state index contributed by atoms with van der Waals surface area (Å²) in [6, 6.07) is 4.41. The van der Waals surface area contributed by atoms with E-state index in [1.807, 2.05) is 0 Å². The van der Waals surface area contributed by atoms with Crippen molar-refractivity contribution < 1.29 is 26.7 Å². The maximum absolute atomic E-state index is 12.9. The fourth-order valence-corrected chi connectivity index (χ4v) is 5.28. The molecular weight excluding hydrogens is 437 g/mol. The first-order chi connectivity index (χ1) is 14.4. The minimum atomic E-state index is -4.48. The van der Waals surface area contributed by atoms with Crippen molar-refractivity contribution in [3.05, 3.63) is 52.7 Å². The highest BCUT2D eigenvalue weighted by molar-refractivity contribution is 7.93. The lowest BCUT2D eigenvalue weighted by atomic mass is 10.0. The third-order valence-electron chi connectivity index (χ3n) is 5.03. The molecule has 31 heavy (non-hydrogen) atoms. The van der Waals surface area contributed by atoms with Crippen molar-refractivity contribution in [2.45, 2.75) is 11.8 Å². The Morgan fingerprint density at radius 1 is 1.19 bits per heavy atom. The largest absolute Gasteiger partial charge is 0.416 e. The number of nitrogens with zero attached hydrogens (tertiary/aromatic N) is 3. The Kier molecular flexibility index (Phi) is 4.81. The van der Waals surface area contributed by atoms with Crippen molar-refractivity contribution in [2.24, 2.45) is 7.05 Å². The number of hydrogen-bond donors (Lipinski definition) is 2. The lowest BCUT2D eigenvalue weighted by molar-refractivity contribution is -0.137. The Bertz CT molecular complexity index is 1320. The standard InChI is InChI=1S/C19H17F3N4O4S/c1-26-10-25-15-13(11-2-4-12(5-3-11)19(20,21)22)6-23-16(14(15)17(26)27)24-7-18(28)8-31(29,30)9-18/h2-6,10,28H,7-9H2,1H3,(H,23,24). The molecule has 0 unspecified atom stereocenters. The molecule has 1 aromatic carbocycles. The van der Waals surface area contributed by atoms with Crippen molar-refractivity contribution in [1.82, 2.24) is 14.5 Å². The molecule has 3 aromatic rings. The highest BCUT2D eigenvalue weighted by Crippen LogP contribution is 2.33. The van der Waals surface area contributed by atoms with E-state index in [4.69, 9.17) is 0 Å². The zero-order valence-electron chi connectivity index (χ0n) is 16.1. The predicted octanol–water partition coefficient (Wildman–Crippen LogP) is 1.59. The van der Waals surface area contributed by atoms with Crippen LogP contribution >= 0.6 is 0 Å². The summed E-state index contributed by atoms with van der Waals surface area (Å²) in [5.74, 6) is -0.701. The van der Waals surface area contributed by atoms with Gasteiger partial charge in [-0.15, -0.1) is 0 Å². The van der Waals surface area contributed by atoms with E-state index in [1.165, 1.54) is 36.3 Å². The van der Waals surface area contributed by atoms with Gasteiger partial charge in [-0.2, -0.15) is 13.2 Å². The highest BCUT2D eigenvalue weighted by Gasteiger charge is 2.47. The minimum Gasteiger partial charge on any atom is -0.386 e. The summed E-state index contributed by atoms with van der Waals surface area (Å²) in [6.45, 7) is -0.147. The Morgan fingerprint density at radius 3 is 2.42 bits per heavy atom. The zero-order valence-corrected chi connectivity index (χ0v) is 17.0. The smallest absolute Gasteiger partial charge is 0.386 e. The second-order valence-electron chi connectivity index (χ2n) is 7.59. The average Bonchev–Trinajstić information content (AvgIpc) is 2.66. The van der Waals surface area contributed by atoms with E-state index >= 15 is 0 Å². The molecule has 0 atom stereocenters. The van der Waals surface area contributed by atoms with Gasteiger partial charge in [-0.05, 0) is 17.7 Å². The Hall–Kier alpha value is -2.99. The molecule has 12 heteroatoms. The molecular formula is C19H17F3N4O4S. The van der Waals surface area contributed by atoms with Crippen LogP contribution in [0.5, 0.6) is 0 Å². The van der Waals surface area contributed by atoms with Crippen LogP contribution in [0.4, 0.5) is 19.0 Å². The van der Waals surface area contributed by atoms with Gasteiger partial charge in [0.25, 0.3) is 5.56 Å². The van der Waals surface area contributed by atoms with Gasteiger partial charge in [0.1, 0.15) is 16.8 Å². The number of fused-ring (bicyclic) bond motifs is 1. The van der Waals surface area contributed by atoms with Crippen LogP contribution in [0.2, 0.25) is 0 Å². The molecule has 4 rings (SSSR count). The van der Waals surface area contributed by atoms with E-state index in [9.17, 15) is 31.5 Å². The van der Waals surface area contributed by atoms with Crippen LogP contribution in [0.3, 0.4) is 0 Å². The highest BCUT2D eigenvalue weighted by atomic mass is 32.2.